The summed E-state index contributed by atoms with van der Waals surface area (Å²) in [7, 11) is 0. The summed E-state index contributed by atoms with van der Waals surface area (Å²) < 4.78 is 5.37. The quantitative estimate of drug-likeness (QED) is 0.550. The molecule has 2 aromatic carbocycles. The number of halogens is 1. The Kier molecular flexibility index (Phi) is 7.23. The maximum Gasteiger partial charge on any atom is 0.224 e. The standard InChI is InChI=1S/C20H23ClN2O2S/c21-16-3-9-19(10-4-16)26-15-1-2-20(24)22-17-5-7-18(8-6-17)23-11-13-25-14-12-23/h3-10H,1-2,11-15H2,(H,22,24). The average molecular weight is 391 g/mol. The van der Waals surface area contributed by atoms with Crippen LogP contribution in [0, 0.1) is 0 Å². The smallest absolute Gasteiger partial charge is 0.224 e. The van der Waals surface area contributed by atoms with E-state index in [1.165, 1.54) is 10.6 Å². The highest BCUT2D eigenvalue weighted by Crippen LogP contribution is 2.22. The molecule has 26 heavy (non-hydrogen) atoms. The van der Waals surface area contributed by atoms with Gasteiger partial charge in [0.05, 0.1) is 13.2 Å². The van der Waals surface area contributed by atoms with Crippen molar-refractivity contribution in [2.75, 3.05) is 42.3 Å². The van der Waals surface area contributed by atoms with Crippen LogP contribution in [0.3, 0.4) is 0 Å². The van der Waals surface area contributed by atoms with Crippen molar-refractivity contribution in [2.45, 2.75) is 17.7 Å². The molecule has 1 saturated heterocycles. The first-order valence-corrected chi connectivity index (χ1v) is 10.2. The van der Waals surface area contributed by atoms with E-state index in [9.17, 15) is 4.79 Å². The third kappa shape index (κ3) is 5.94. The van der Waals surface area contributed by atoms with E-state index in [-0.39, 0.29) is 5.91 Å². The lowest BCUT2D eigenvalue weighted by Crippen LogP contribution is -2.36. The summed E-state index contributed by atoms with van der Waals surface area (Å²) in [6.45, 7) is 3.37. The SMILES string of the molecule is O=C(CCCSc1ccc(Cl)cc1)Nc1ccc(N2CCOCC2)cc1. The van der Waals surface area contributed by atoms with E-state index in [2.05, 4.69) is 22.3 Å². The van der Waals surface area contributed by atoms with Crippen LogP contribution in [0.2, 0.25) is 5.02 Å². The molecule has 0 aliphatic carbocycles. The fourth-order valence-corrected chi connectivity index (χ4v) is 3.73. The summed E-state index contributed by atoms with van der Waals surface area (Å²) >= 11 is 7.62. The van der Waals surface area contributed by atoms with Gasteiger partial charge in [0.2, 0.25) is 5.91 Å². The van der Waals surface area contributed by atoms with Gasteiger partial charge in [-0.3, -0.25) is 4.79 Å². The van der Waals surface area contributed by atoms with Crippen LogP contribution in [0.5, 0.6) is 0 Å². The molecule has 1 fully saturated rings. The molecular weight excluding hydrogens is 368 g/mol. The number of morpholine rings is 1. The minimum Gasteiger partial charge on any atom is -0.378 e. The number of carbonyl (C=O) groups is 1. The van der Waals surface area contributed by atoms with Crippen molar-refractivity contribution in [3.63, 3.8) is 0 Å². The summed E-state index contributed by atoms with van der Waals surface area (Å²) in [4.78, 5) is 15.6. The monoisotopic (exact) mass is 390 g/mol. The van der Waals surface area contributed by atoms with Crippen LogP contribution < -0.4 is 10.2 Å². The van der Waals surface area contributed by atoms with Gasteiger partial charge in [0.1, 0.15) is 0 Å². The van der Waals surface area contributed by atoms with Gasteiger partial charge in [-0.1, -0.05) is 11.6 Å². The summed E-state index contributed by atoms with van der Waals surface area (Å²) in [5, 5.41) is 3.71. The Balaban J connectivity index is 1.38. The lowest BCUT2D eigenvalue weighted by atomic mass is 10.2. The molecule has 3 rings (SSSR count). The average Bonchev–Trinajstić information content (AvgIpc) is 2.68. The van der Waals surface area contributed by atoms with Crippen LogP contribution in [-0.2, 0) is 9.53 Å². The molecule has 0 bridgehead atoms. The van der Waals surface area contributed by atoms with E-state index < -0.39 is 0 Å². The zero-order chi connectivity index (χ0) is 18.2. The second-order valence-electron chi connectivity index (χ2n) is 6.10. The number of rotatable bonds is 7. The molecular formula is C20H23ClN2O2S. The Hall–Kier alpha value is -1.69. The van der Waals surface area contributed by atoms with Crippen LogP contribution >= 0.6 is 23.4 Å². The van der Waals surface area contributed by atoms with Gasteiger partial charge in [-0.05, 0) is 60.7 Å². The predicted molar refractivity (Wildman–Crippen MR) is 110 cm³/mol. The van der Waals surface area contributed by atoms with Gasteiger partial charge >= 0.3 is 0 Å². The molecule has 0 radical (unpaired) electrons. The molecule has 0 unspecified atom stereocenters. The third-order valence-corrected chi connectivity index (χ3v) is 5.51. The van der Waals surface area contributed by atoms with Crippen molar-refractivity contribution in [2.24, 2.45) is 0 Å². The Morgan fingerprint density at radius 1 is 1.08 bits per heavy atom. The number of hydrogen-bond donors (Lipinski definition) is 1. The highest BCUT2D eigenvalue weighted by atomic mass is 35.5. The first-order chi connectivity index (χ1) is 12.7. The summed E-state index contributed by atoms with van der Waals surface area (Å²) in [6.07, 6.45) is 1.36. The van der Waals surface area contributed by atoms with Gasteiger partial charge in [0.25, 0.3) is 0 Å². The second kappa shape index (κ2) is 9.86. The maximum absolute atomic E-state index is 12.1. The Morgan fingerprint density at radius 2 is 1.77 bits per heavy atom. The zero-order valence-electron chi connectivity index (χ0n) is 14.6. The summed E-state index contributed by atoms with van der Waals surface area (Å²) in [5.41, 5.74) is 2.02. The summed E-state index contributed by atoms with van der Waals surface area (Å²) in [6, 6.07) is 15.8. The first kappa shape index (κ1) is 19.1. The van der Waals surface area contributed by atoms with Gasteiger partial charge in [-0.25, -0.2) is 0 Å². The Bertz CT molecular complexity index is 701. The number of nitrogens with one attached hydrogen (secondary N) is 1. The van der Waals surface area contributed by atoms with Crippen LogP contribution in [-0.4, -0.2) is 38.0 Å². The third-order valence-electron chi connectivity index (χ3n) is 4.16. The normalized spacial score (nSPS) is 14.3. The molecule has 1 amide bonds. The van der Waals surface area contributed by atoms with E-state index in [0.717, 1.165) is 49.2 Å². The fourth-order valence-electron chi connectivity index (χ4n) is 2.75. The van der Waals surface area contributed by atoms with Crippen molar-refractivity contribution < 1.29 is 9.53 Å². The number of nitrogens with zero attached hydrogens (tertiary/aromatic N) is 1. The molecule has 138 valence electrons. The number of thioether (sulfide) groups is 1. The lowest BCUT2D eigenvalue weighted by molar-refractivity contribution is -0.116. The van der Waals surface area contributed by atoms with E-state index in [4.69, 9.17) is 16.3 Å². The molecule has 0 saturated carbocycles. The summed E-state index contributed by atoms with van der Waals surface area (Å²) in [5.74, 6) is 0.964. The van der Waals surface area contributed by atoms with E-state index in [0.29, 0.717) is 6.42 Å². The van der Waals surface area contributed by atoms with Crippen molar-refractivity contribution >= 4 is 40.6 Å². The van der Waals surface area contributed by atoms with Crippen LogP contribution in [0.25, 0.3) is 0 Å². The number of amides is 1. The topological polar surface area (TPSA) is 41.6 Å². The van der Waals surface area contributed by atoms with Crippen molar-refractivity contribution in [3.8, 4) is 0 Å². The van der Waals surface area contributed by atoms with E-state index >= 15 is 0 Å². The van der Waals surface area contributed by atoms with E-state index in [1.807, 2.05) is 36.4 Å². The van der Waals surface area contributed by atoms with Crippen LogP contribution in [0.1, 0.15) is 12.8 Å². The number of ether oxygens (including phenoxy) is 1. The molecule has 1 aliphatic heterocycles. The molecule has 1 N–H and O–H groups in total. The van der Waals surface area contributed by atoms with Crippen molar-refractivity contribution in [1.29, 1.82) is 0 Å². The van der Waals surface area contributed by atoms with Gasteiger partial charge in [-0.15, -0.1) is 11.8 Å². The minimum absolute atomic E-state index is 0.0563. The van der Waals surface area contributed by atoms with Crippen molar-refractivity contribution in [1.82, 2.24) is 0 Å². The predicted octanol–water partition coefficient (Wildman–Crippen LogP) is 4.69. The lowest BCUT2D eigenvalue weighted by Gasteiger charge is -2.28. The fraction of sp³-hybridized carbons (Fsp3) is 0.350. The molecule has 0 atom stereocenters. The Labute approximate surface area is 163 Å². The van der Waals surface area contributed by atoms with Gasteiger partial charge in [0.15, 0.2) is 0 Å². The molecule has 1 heterocycles. The maximum atomic E-state index is 12.1. The molecule has 1 aliphatic rings. The largest absolute Gasteiger partial charge is 0.378 e. The molecule has 4 nitrogen and oxygen atoms in total. The van der Waals surface area contributed by atoms with Gasteiger partial charge in [0, 0.05) is 40.8 Å². The second-order valence-corrected chi connectivity index (χ2v) is 7.71. The van der Waals surface area contributed by atoms with Gasteiger partial charge in [-0.2, -0.15) is 0 Å². The van der Waals surface area contributed by atoms with Crippen molar-refractivity contribution in [3.05, 3.63) is 53.6 Å². The molecule has 2 aromatic rings. The number of benzene rings is 2. The highest BCUT2D eigenvalue weighted by Gasteiger charge is 2.11. The number of hydrogen-bond acceptors (Lipinski definition) is 4. The number of anilines is 2. The zero-order valence-corrected chi connectivity index (χ0v) is 16.2. The first-order valence-electron chi connectivity index (χ1n) is 8.82. The van der Waals surface area contributed by atoms with E-state index in [1.54, 1.807) is 11.8 Å². The Morgan fingerprint density at radius 3 is 2.46 bits per heavy atom. The van der Waals surface area contributed by atoms with Crippen LogP contribution in [0.4, 0.5) is 11.4 Å². The molecule has 0 aromatic heterocycles. The van der Waals surface area contributed by atoms with Crippen LogP contribution in [0.15, 0.2) is 53.4 Å². The number of carbonyl (C=O) groups excluding carboxylic acids is 1. The molecule has 6 heteroatoms. The van der Waals surface area contributed by atoms with Gasteiger partial charge < -0.3 is 15.0 Å². The molecule has 0 spiro atoms. The minimum atomic E-state index is 0.0563. The highest BCUT2D eigenvalue weighted by molar-refractivity contribution is 7.99.